The molecule has 0 radical (unpaired) electrons. The van der Waals surface area contributed by atoms with Crippen molar-refractivity contribution in [3.8, 4) is 11.3 Å². The highest BCUT2D eigenvalue weighted by atomic mass is 79.9. The maximum absolute atomic E-state index is 11.5. The first kappa shape index (κ1) is 25.2. The summed E-state index contributed by atoms with van der Waals surface area (Å²) in [5.74, 6) is -0.263. The van der Waals surface area contributed by atoms with Gasteiger partial charge in [0.2, 0.25) is 0 Å². The third-order valence-electron chi connectivity index (χ3n) is 5.94. The minimum absolute atomic E-state index is 0.171. The number of esters is 1. The van der Waals surface area contributed by atoms with E-state index in [4.69, 9.17) is 14.5 Å². The fourth-order valence-electron chi connectivity index (χ4n) is 4.27. The number of rotatable bonds is 9. The molecule has 0 spiro atoms. The molecule has 2 heterocycles. The molecule has 5 nitrogen and oxygen atoms in total. The zero-order valence-electron chi connectivity index (χ0n) is 20.4. The number of hydrogen-bond acceptors (Lipinski definition) is 4. The van der Waals surface area contributed by atoms with E-state index in [0.717, 1.165) is 45.5 Å². The van der Waals surface area contributed by atoms with E-state index < -0.39 is 0 Å². The van der Waals surface area contributed by atoms with Gasteiger partial charge in [0.1, 0.15) is 0 Å². The van der Waals surface area contributed by atoms with Crippen LogP contribution in [0.3, 0.4) is 0 Å². The van der Waals surface area contributed by atoms with Gasteiger partial charge in [-0.2, -0.15) is 0 Å². The lowest BCUT2D eigenvalue weighted by atomic mass is 9.84. The molecule has 3 rings (SSSR count). The standard InChI is InChI=1S/C27H33BrN2O3/c1-8-19-12-22(25(29-15-19)17(3)32-7)26-23(14-27(5,6)16-33-18(4)31)21-13-20(28)10-11-24(21)30(26)9-2/h8,10-13,15,17H,1,9,14,16H2,2-7H3/t17-/m0/s1. The van der Waals surface area contributed by atoms with Gasteiger partial charge in [0.25, 0.3) is 0 Å². The van der Waals surface area contributed by atoms with Crippen molar-refractivity contribution in [2.75, 3.05) is 13.7 Å². The van der Waals surface area contributed by atoms with Crippen molar-refractivity contribution in [2.24, 2.45) is 5.41 Å². The van der Waals surface area contributed by atoms with Gasteiger partial charge in [-0.25, -0.2) is 0 Å². The number of fused-ring (bicyclic) bond motifs is 1. The van der Waals surface area contributed by atoms with Crippen molar-refractivity contribution < 1.29 is 14.3 Å². The molecule has 0 saturated carbocycles. The average molecular weight is 513 g/mol. The SMILES string of the molecule is C=Cc1cnc([C@H](C)OC)c(-c2c(CC(C)(C)COC(C)=O)c3cc(Br)ccc3n2CC)c1. The Morgan fingerprint density at radius 1 is 1.33 bits per heavy atom. The molecular formula is C27H33BrN2O3. The summed E-state index contributed by atoms with van der Waals surface area (Å²) >= 11 is 3.66. The van der Waals surface area contributed by atoms with Crippen LogP contribution in [0.4, 0.5) is 0 Å². The Kier molecular flexibility index (Phi) is 7.80. The van der Waals surface area contributed by atoms with Crippen LogP contribution in [-0.4, -0.2) is 29.2 Å². The average Bonchev–Trinajstić information content (AvgIpc) is 3.08. The molecule has 0 aliphatic heterocycles. The third kappa shape index (κ3) is 5.39. The first-order valence-corrected chi connectivity index (χ1v) is 12.0. The van der Waals surface area contributed by atoms with Gasteiger partial charge >= 0.3 is 5.97 Å². The molecule has 0 bridgehead atoms. The van der Waals surface area contributed by atoms with Crippen LogP contribution in [0.2, 0.25) is 0 Å². The Bertz CT molecular complexity index is 1180. The van der Waals surface area contributed by atoms with E-state index in [1.54, 1.807) is 7.11 Å². The quantitative estimate of drug-likeness (QED) is 0.290. The molecule has 33 heavy (non-hydrogen) atoms. The van der Waals surface area contributed by atoms with E-state index in [2.05, 4.69) is 72.1 Å². The number of carbonyl (C=O) groups excluding carboxylic acids is 1. The maximum Gasteiger partial charge on any atom is 0.302 e. The number of halogens is 1. The Labute approximate surface area is 204 Å². The molecular weight excluding hydrogens is 480 g/mol. The first-order valence-electron chi connectivity index (χ1n) is 11.2. The fraction of sp³-hybridized carbons (Fsp3) is 0.407. The van der Waals surface area contributed by atoms with Gasteiger partial charge in [-0.1, -0.05) is 42.4 Å². The molecule has 2 aromatic heterocycles. The number of ether oxygens (including phenoxy) is 2. The van der Waals surface area contributed by atoms with Gasteiger partial charge in [-0.3, -0.25) is 9.78 Å². The van der Waals surface area contributed by atoms with Crippen LogP contribution in [0.15, 0.2) is 41.5 Å². The summed E-state index contributed by atoms with van der Waals surface area (Å²) in [7, 11) is 1.70. The van der Waals surface area contributed by atoms with Crippen LogP contribution < -0.4 is 0 Å². The summed E-state index contributed by atoms with van der Waals surface area (Å²) in [6.07, 6.45) is 4.21. The van der Waals surface area contributed by atoms with Crippen LogP contribution >= 0.6 is 15.9 Å². The number of aryl methyl sites for hydroxylation is 1. The largest absolute Gasteiger partial charge is 0.465 e. The monoisotopic (exact) mass is 512 g/mol. The number of benzene rings is 1. The molecule has 0 N–H and O–H groups in total. The smallest absolute Gasteiger partial charge is 0.302 e. The lowest BCUT2D eigenvalue weighted by molar-refractivity contribution is -0.143. The summed E-state index contributed by atoms with van der Waals surface area (Å²) in [5.41, 5.74) is 6.11. The van der Waals surface area contributed by atoms with Gasteiger partial charge in [0.05, 0.1) is 24.1 Å². The van der Waals surface area contributed by atoms with E-state index in [1.165, 1.54) is 17.9 Å². The second-order valence-corrected chi connectivity index (χ2v) is 10.1. The molecule has 1 aromatic carbocycles. The number of aromatic nitrogens is 2. The zero-order valence-corrected chi connectivity index (χ0v) is 22.0. The molecule has 176 valence electrons. The normalized spacial score (nSPS) is 12.7. The van der Waals surface area contributed by atoms with Crippen LogP contribution in [0.25, 0.3) is 28.2 Å². The van der Waals surface area contributed by atoms with Gasteiger partial charge in [0.15, 0.2) is 0 Å². The Hall–Kier alpha value is -2.44. The van der Waals surface area contributed by atoms with E-state index in [9.17, 15) is 4.79 Å². The van der Waals surface area contributed by atoms with Crippen LogP contribution in [0.1, 0.15) is 57.5 Å². The van der Waals surface area contributed by atoms with Crippen molar-refractivity contribution in [3.63, 3.8) is 0 Å². The molecule has 1 atom stereocenters. The molecule has 0 aliphatic carbocycles. The maximum atomic E-state index is 11.5. The Morgan fingerprint density at radius 2 is 2.06 bits per heavy atom. The summed E-state index contributed by atoms with van der Waals surface area (Å²) < 4.78 is 14.5. The van der Waals surface area contributed by atoms with E-state index in [0.29, 0.717) is 6.61 Å². The van der Waals surface area contributed by atoms with Crippen molar-refractivity contribution in [1.82, 2.24) is 9.55 Å². The topological polar surface area (TPSA) is 53.4 Å². The molecule has 0 aliphatic rings. The molecule has 3 aromatic rings. The van der Waals surface area contributed by atoms with Crippen molar-refractivity contribution >= 4 is 38.9 Å². The summed E-state index contributed by atoms with van der Waals surface area (Å²) in [6, 6.07) is 8.54. The molecule has 0 unspecified atom stereocenters. The first-order chi connectivity index (χ1) is 15.6. The molecule has 0 amide bonds. The third-order valence-corrected chi connectivity index (χ3v) is 6.43. The van der Waals surface area contributed by atoms with E-state index in [-0.39, 0.29) is 17.5 Å². The number of nitrogens with zero attached hydrogens (tertiary/aromatic N) is 2. The van der Waals surface area contributed by atoms with Crippen molar-refractivity contribution in [2.45, 2.75) is 53.7 Å². The highest BCUT2D eigenvalue weighted by Gasteiger charge is 2.28. The van der Waals surface area contributed by atoms with Gasteiger partial charge in [0, 0.05) is 53.1 Å². The lowest BCUT2D eigenvalue weighted by Gasteiger charge is -2.25. The fourth-order valence-corrected chi connectivity index (χ4v) is 4.63. The number of hydrogen-bond donors (Lipinski definition) is 0. The van der Waals surface area contributed by atoms with Crippen LogP contribution in [0, 0.1) is 5.41 Å². The van der Waals surface area contributed by atoms with Gasteiger partial charge < -0.3 is 14.0 Å². The Balaban J connectivity index is 2.35. The molecule has 0 saturated heterocycles. The highest BCUT2D eigenvalue weighted by molar-refractivity contribution is 9.10. The van der Waals surface area contributed by atoms with E-state index >= 15 is 0 Å². The minimum atomic E-state index is -0.263. The lowest BCUT2D eigenvalue weighted by Crippen LogP contribution is -2.24. The second-order valence-electron chi connectivity index (χ2n) is 9.14. The highest BCUT2D eigenvalue weighted by Crippen LogP contribution is 2.41. The summed E-state index contributed by atoms with van der Waals surface area (Å²) in [5, 5.41) is 1.18. The van der Waals surface area contributed by atoms with Gasteiger partial charge in [-0.05, 0) is 55.7 Å². The summed E-state index contributed by atoms with van der Waals surface area (Å²) in [4.78, 5) is 16.3. The van der Waals surface area contributed by atoms with Crippen molar-refractivity contribution in [1.29, 1.82) is 0 Å². The number of pyridine rings is 1. The molecule has 0 fully saturated rings. The predicted octanol–water partition coefficient (Wildman–Crippen LogP) is 6.97. The molecule has 6 heteroatoms. The summed E-state index contributed by atoms with van der Waals surface area (Å²) in [6.45, 7) is 15.0. The predicted molar refractivity (Wildman–Crippen MR) is 138 cm³/mol. The minimum Gasteiger partial charge on any atom is -0.465 e. The number of carbonyl (C=O) groups is 1. The van der Waals surface area contributed by atoms with E-state index in [1.807, 2.05) is 19.2 Å². The Morgan fingerprint density at radius 3 is 2.67 bits per heavy atom. The van der Waals surface area contributed by atoms with Crippen LogP contribution in [-0.2, 0) is 27.2 Å². The zero-order chi connectivity index (χ0) is 24.3. The number of methoxy groups -OCH3 is 1. The second kappa shape index (κ2) is 10.2. The van der Waals surface area contributed by atoms with Crippen molar-refractivity contribution in [3.05, 3.63) is 58.3 Å². The van der Waals surface area contributed by atoms with Crippen LogP contribution in [0.5, 0.6) is 0 Å². The van der Waals surface area contributed by atoms with Gasteiger partial charge in [-0.15, -0.1) is 0 Å².